The molecule has 0 saturated carbocycles. The van der Waals surface area contributed by atoms with Crippen LogP contribution in [0.5, 0.6) is 0 Å². The molecule has 2 rings (SSSR count). The molecule has 0 N–H and O–H groups in total. The minimum atomic E-state index is 0.745. The van der Waals surface area contributed by atoms with E-state index >= 15 is 0 Å². The number of hydrogen-bond acceptors (Lipinski definition) is 2. The smallest absolute Gasteiger partial charge is 0.0857 e. The first kappa shape index (κ1) is 7.98. The molecule has 0 aliphatic rings. The van der Waals surface area contributed by atoms with Crippen molar-refractivity contribution in [1.82, 2.24) is 15.0 Å². The highest BCUT2D eigenvalue weighted by molar-refractivity contribution is 5.14. The van der Waals surface area contributed by atoms with Gasteiger partial charge in [-0.05, 0) is 12.5 Å². The molecule has 0 amide bonds. The summed E-state index contributed by atoms with van der Waals surface area (Å²) in [5.74, 6) is 0. The summed E-state index contributed by atoms with van der Waals surface area (Å²) < 4.78 is 0. The fourth-order valence-electron chi connectivity index (χ4n) is 1.21. The Labute approximate surface area is 77.0 Å². The first-order valence-corrected chi connectivity index (χ1v) is 4.25. The van der Waals surface area contributed by atoms with Gasteiger partial charge in [0.15, 0.2) is 0 Å². The monoisotopic (exact) mass is 173 g/mol. The minimum absolute atomic E-state index is 0.745. The molecule has 3 heteroatoms. The topological polar surface area (TPSA) is 30.7 Å². The predicted molar refractivity (Wildman–Crippen MR) is 50.3 cm³/mol. The Hall–Kier alpha value is -1.64. The number of aryl methyl sites for hydroxylation is 1. The molecule has 1 heterocycles. The van der Waals surface area contributed by atoms with Crippen LogP contribution in [-0.2, 0) is 6.54 Å². The van der Waals surface area contributed by atoms with Crippen LogP contribution >= 0.6 is 0 Å². The normalized spacial score (nSPS) is 10.2. The lowest BCUT2D eigenvalue weighted by Crippen LogP contribution is -2.03. The molecule has 0 saturated heterocycles. The molecule has 0 spiro atoms. The Kier molecular flexibility index (Phi) is 2.08. The van der Waals surface area contributed by atoms with Crippen molar-refractivity contribution in [3.63, 3.8) is 0 Å². The third kappa shape index (κ3) is 1.93. The van der Waals surface area contributed by atoms with Crippen LogP contribution in [0.3, 0.4) is 0 Å². The summed E-state index contributed by atoms with van der Waals surface area (Å²) in [6.45, 7) is 2.68. The SMILES string of the molecule is Cc1cnn(Cc2ccccc2)n1. The van der Waals surface area contributed by atoms with Crippen molar-refractivity contribution in [1.29, 1.82) is 0 Å². The van der Waals surface area contributed by atoms with Gasteiger partial charge in [-0.25, -0.2) is 0 Å². The Morgan fingerprint density at radius 3 is 2.62 bits per heavy atom. The van der Waals surface area contributed by atoms with Gasteiger partial charge < -0.3 is 0 Å². The van der Waals surface area contributed by atoms with Crippen LogP contribution in [0.2, 0.25) is 0 Å². The number of hydrogen-bond donors (Lipinski definition) is 0. The van der Waals surface area contributed by atoms with Gasteiger partial charge in [0.2, 0.25) is 0 Å². The molecule has 0 aliphatic carbocycles. The van der Waals surface area contributed by atoms with Gasteiger partial charge in [0.05, 0.1) is 18.4 Å². The Balaban J connectivity index is 2.15. The van der Waals surface area contributed by atoms with Crippen LogP contribution in [0.25, 0.3) is 0 Å². The maximum atomic E-state index is 4.21. The van der Waals surface area contributed by atoms with Crippen LogP contribution in [0.15, 0.2) is 36.5 Å². The van der Waals surface area contributed by atoms with Crippen molar-refractivity contribution in [3.05, 3.63) is 47.8 Å². The molecule has 1 aromatic heterocycles. The molecule has 0 fully saturated rings. The van der Waals surface area contributed by atoms with Crippen LogP contribution in [0.1, 0.15) is 11.3 Å². The largest absolute Gasteiger partial charge is 0.180 e. The average Bonchev–Trinajstić information content (AvgIpc) is 2.53. The van der Waals surface area contributed by atoms with Crippen molar-refractivity contribution < 1.29 is 0 Å². The molecule has 1 aromatic carbocycles. The van der Waals surface area contributed by atoms with Gasteiger partial charge in [0.1, 0.15) is 0 Å². The van der Waals surface area contributed by atoms with Crippen LogP contribution < -0.4 is 0 Å². The number of nitrogens with zero attached hydrogens (tertiary/aromatic N) is 3. The molecule has 0 unspecified atom stereocenters. The van der Waals surface area contributed by atoms with Gasteiger partial charge in [-0.3, -0.25) is 0 Å². The molecule has 13 heavy (non-hydrogen) atoms. The lowest BCUT2D eigenvalue weighted by Gasteiger charge is -1.98. The maximum Gasteiger partial charge on any atom is 0.0857 e. The van der Waals surface area contributed by atoms with Crippen LogP contribution in [0.4, 0.5) is 0 Å². The molecular weight excluding hydrogens is 162 g/mol. The molecule has 2 aromatic rings. The fourth-order valence-corrected chi connectivity index (χ4v) is 1.21. The van der Waals surface area contributed by atoms with E-state index in [0.717, 1.165) is 12.2 Å². The van der Waals surface area contributed by atoms with E-state index in [1.165, 1.54) is 5.56 Å². The second-order valence-corrected chi connectivity index (χ2v) is 3.00. The van der Waals surface area contributed by atoms with Crippen molar-refractivity contribution in [3.8, 4) is 0 Å². The highest BCUT2D eigenvalue weighted by atomic mass is 15.5. The summed E-state index contributed by atoms with van der Waals surface area (Å²) in [5.41, 5.74) is 2.18. The Morgan fingerprint density at radius 1 is 1.23 bits per heavy atom. The standard InChI is InChI=1S/C10H11N3/c1-9-7-11-13(12-9)8-10-5-3-2-4-6-10/h2-7H,8H2,1H3. The zero-order valence-corrected chi connectivity index (χ0v) is 7.51. The lowest BCUT2D eigenvalue weighted by atomic mass is 10.2. The quantitative estimate of drug-likeness (QED) is 0.691. The molecule has 0 bridgehead atoms. The van der Waals surface area contributed by atoms with E-state index in [1.807, 2.05) is 25.1 Å². The van der Waals surface area contributed by atoms with Gasteiger partial charge in [-0.1, -0.05) is 30.3 Å². The minimum Gasteiger partial charge on any atom is -0.180 e. The molecule has 0 atom stereocenters. The van der Waals surface area contributed by atoms with Crippen molar-refractivity contribution in [2.45, 2.75) is 13.5 Å². The first-order chi connectivity index (χ1) is 6.34. The van der Waals surface area contributed by atoms with Crippen molar-refractivity contribution >= 4 is 0 Å². The van der Waals surface area contributed by atoms with Crippen molar-refractivity contribution in [2.75, 3.05) is 0 Å². The summed E-state index contributed by atoms with van der Waals surface area (Å²) in [6.07, 6.45) is 1.77. The third-order valence-electron chi connectivity index (χ3n) is 1.82. The molecule has 66 valence electrons. The van der Waals surface area contributed by atoms with Gasteiger partial charge in [-0.15, -0.1) is 0 Å². The second-order valence-electron chi connectivity index (χ2n) is 3.00. The van der Waals surface area contributed by atoms with E-state index < -0.39 is 0 Å². The summed E-state index contributed by atoms with van der Waals surface area (Å²) in [4.78, 5) is 1.70. The average molecular weight is 173 g/mol. The number of aromatic nitrogens is 3. The van der Waals surface area contributed by atoms with Gasteiger partial charge in [0.25, 0.3) is 0 Å². The summed E-state index contributed by atoms with van der Waals surface area (Å²) in [6, 6.07) is 10.2. The van der Waals surface area contributed by atoms with Crippen molar-refractivity contribution in [2.24, 2.45) is 0 Å². The summed E-state index contributed by atoms with van der Waals surface area (Å²) >= 11 is 0. The van der Waals surface area contributed by atoms with Gasteiger partial charge in [-0.2, -0.15) is 15.0 Å². The van der Waals surface area contributed by atoms with E-state index in [9.17, 15) is 0 Å². The fraction of sp³-hybridized carbons (Fsp3) is 0.200. The summed E-state index contributed by atoms with van der Waals surface area (Å²) in [7, 11) is 0. The molecule has 0 aliphatic heterocycles. The second kappa shape index (κ2) is 3.39. The van der Waals surface area contributed by atoms with Gasteiger partial charge >= 0.3 is 0 Å². The maximum absolute atomic E-state index is 4.21. The summed E-state index contributed by atoms with van der Waals surface area (Å²) in [5, 5.41) is 8.33. The lowest BCUT2D eigenvalue weighted by molar-refractivity contribution is 0.588. The Bertz CT molecular complexity index is 378. The highest BCUT2D eigenvalue weighted by Crippen LogP contribution is 2.00. The number of benzene rings is 1. The van der Waals surface area contributed by atoms with E-state index in [0.29, 0.717) is 0 Å². The van der Waals surface area contributed by atoms with E-state index in [2.05, 4.69) is 22.3 Å². The van der Waals surface area contributed by atoms with Crippen LogP contribution in [-0.4, -0.2) is 15.0 Å². The first-order valence-electron chi connectivity index (χ1n) is 4.25. The van der Waals surface area contributed by atoms with Crippen LogP contribution in [0, 0.1) is 6.92 Å². The van der Waals surface area contributed by atoms with E-state index in [4.69, 9.17) is 0 Å². The highest BCUT2D eigenvalue weighted by Gasteiger charge is 1.96. The zero-order valence-electron chi connectivity index (χ0n) is 7.51. The predicted octanol–water partition coefficient (Wildman–Crippen LogP) is 1.63. The van der Waals surface area contributed by atoms with E-state index in [-0.39, 0.29) is 0 Å². The molecule has 0 radical (unpaired) electrons. The zero-order chi connectivity index (χ0) is 9.10. The van der Waals surface area contributed by atoms with Gasteiger partial charge in [0, 0.05) is 0 Å². The van der Waals surface area contributed by atoms with E-state index in [1.54, 1.807) is 11.0 Å². The molecular formula is C10H11N3. The number of rotatable bonds is 2. The Morgan fingerprint density at radius 2 is 2.00 bits per heavy atom. The molecule has 3 nitrogen and oxygen atoms in total. The third-order valence-corrected chi connectivity index (χ3v) is 1.82.